The molecule has 0 bridgehead atoms. The average Bonchev–Trinajstić information content (AvgIpc) is 3.18. The Morgan fingerprint density at radius 2 is 1.92 bits per heavy atom. The van der Waals surface area contributed by atoms with Gasteiger partial charge in [-0.3, -0.25) is 4.68 Å². The topological polar surface area (TPSA) is 55.2 Å². The zero-order valence-electron chi connectivity index (χ0n) is 13.0. The van der Waals surface area contributed by atoms with Crippen LogP contribution in [0, 0.1) is 0 Å². The molecule has 24 heavy (non-hydrogen) atoms. The summed E-state index contributed by atoms with van der Waals surface area (Å²) in [5, 5.41) is 4.31. The maximum absolute atomic E-state index is 12.5. The van der Waals surface area contributed by atoms with Gasteiger partial charge < -0.3 is 0 Å². The second kappa shape index (κ2) is 7.18. The molecule has 0 atom stereocenters. The summed E-state index contributed by atoms with van der Waals surface area (Å²) in [5.74, 6) is 0. The number of thiophene rings is 1. The van der Waals surface area contributed by atoms with Gasteiger partial charge in [0.15, 0.2) is 0 Å². The summed E-state index contributed by atoms with van der Waals surface area (Å²) >= 11 is 4.50. The van der Waals surface area contributed by atoms with E-state index in [1.54, 1.807) is 25.4 Å². The normalized spacial score (nSPS) is 12.0. The molecule has 0 unspecified atom stereocenters. The van der Waals surface area contributed by atoms with E-state index in [4.69, 9.17) is 0 Å². The molecule has 2 heterocycles. The Labute approximate surface area is 153 Å². The van der Waals surface area contributed by atoms with Gasteiger partial charge in [0.05, 0.1) is 16.5 Å². The highest BCUT2D eigenvalue weighted by Crippen LogP contribution is 2.28. The number of aromatic nitrogens is 2. The molecule has 0 radical (unpaired) electrons. The molecular weight excluding hydrogens is 410 g/mol. The second-order valence-electron chi connectivity index (χ2n) is 5.35. The Kier molecular flexibility index (Phi) is 5.19. The number of hydrogen-bond acceptors (Lipinski definition) is 4. The summed E-state index contributed by atoms with van der Waals surface area (Å²) < 4.78 is 29.4. The Hall–Kier alpha value is -1.48. The minimum absolute atomic E-state index is 0.284. The third kappa shape index (κ3) is 3.94. The summed E-state index contributed by atoms with van der Waals surface area (Å²) in [6.07, 6.45) is 3.59. The Morgan fingerprint density at radius 3 is 2.58 bits per heavy atom. The van der Waals surface area contributed by atoms with Crippen LogP contribution in [0.15, 0.2) is 62.9 Å². The monoisotopic (exact) mass is 425 g/mol. The standard InChI is InChI=1S/C16H16BrN3O2S2/c1-19(24(21,22)16-8-7-15(17)23-16)10-14-9-18-20(12-14)11-13-5-3-2-4-6-13/h2-9,12H,10-11H2,1H3. The third-order valence-electron chi connectivity index (χ3n) is 3.49. The van der Waals surface area contributed by atoms with E-state index in [-0.39, 0.29) is 6.54 Å². The predicted octanol–water partition coefficient (Wildman–Crippen LogP) is 3.58. The van der Waals surface area contributed by atoms with Crippen LogP contribution in [0.4, 0.5) is 0 Å². The van der Waals surface area contributed by atoms with Gasteiger partial charge in [0.25, 0.3) is 10.0 Å². The lowest BCUT2D eigenvalue weighted by molar-refractivity contribution is 0.468. The van der Waals surface area contributed by atoms with Crippen molar-refractivity contribution in [2.75, 3.05) is 7.05 Å². The Balaban J connectivity index is 1.70. The molecule has 0 saturated carbocycles. The first-order valence-corrected chi connectivity index (χ1v) is 10.3. The van der Waals surface area contributed by atoms with Crippen molar-refractivity contribution in [2.24, 2.45) is 0 Å². The minimum atomic E-state index is -3.48. The fourth-order valence-electron chi connectivity index (χ4n) is 2.28. The van der Waals surface area contributed by atoms with Crippen LogP contribution >= 0.6 is 27.3 Å². The minimum Gasteiger partial charge on any atom is -0.268 e. The van der Waals surface area contributed by atoms with Gasteiger partial charge in [-0.2, -0.15) is 9.40 Å². The van der Waals surface area contributed by atoms with Gasteiger partial charge in [-0.1, -0.05) is 30.3 Å². The summed E-state index contributed by atoms with van der Waals surface area (Å²) in [6, 6.07) is 13.4. The maximum atomic E-state index is 12.5. The van der Waals surface area contributed by atoms with Gasteiger partial charge in [0.1, 0.15) is 4.21 Å². The highest BCUT2D eigenvalue weighted by atomic mass is 79.9. The van der Waals surface area contributed by atoms with Gasteiger partial charge in [-0.15, -0.1) is 11.3 Å². The lowest BCUT2D eigenvalue weighted by Crippen LogP contribution is -2.25. The first kappa shape index (κ1) is 17.3. The summed E-state index contributed by atoms with van der Waals surface area (Å²) in [7, 11) is -1.90. The number of halogens is 1. The SMILES string of the molecule is CN(Cc1cnn(Cc2ccccc2)c1)S(=O)(=O)c1ccc(Br)s1. The van der Waals surface area contributed by atoms with E-state index < -0.39 is 10.0 Å². The molecule has 0 saturated heterocycles. The molecule has 0 N–H and O–H groups in total. The van der Waals surface area contributed by atoms with Crippen LogP contribution in [0.25, 0.3) is 0 Å². The fourth-order valence-corrected chi connectivity index (χ4v) is 5.66. The van der Waals surface area contributed by atoms with Gasteiger partial charge in [0, 0.05) is 25.4 Å². The van der Waals surface area contributed by atoms with Crippen LogP contribution in [-0.4, -0.2) is 29.6 Å². The Morgan fingerprint density at radius 1 is 1.17 bits per heavy atom. The van der Waals surface area contributed by atoms with E-state index in [0.717, 1.165) is 14.9 Å². The van der Waals surface area contributed by atoms with E-state index in [1.807, 2.05) is 41.2 Å². The quantitative estimate of drug-likeness (QED) is 0.606. The average molecular weight is 426 g/mol. The maximum Gasteiger partial charge on any atom is 0.252 e. The summed E-state index contributed by atoms with van der Waals surface area (Å²) in [4.78, 5) is 0. The molecular formula is C16H16BrN3O2S2. The molecule has 2 aromatic heterocycles. The zero-order chi connectivity index (χ0) is 17.2. The number of hydrogen-bond donors (Lipinski definition) is 0. The molecule has 0 spiro atoms. The van der Waals surface area contributed by atoms with Crippen LogP contribution in [0.2, 0.25) is 0 Å². The van der Waals surface area contributed by atoms with Crippen molar-refractivity contribution in [1.82, 2.24) is 14.1 Å². The highest BCUT2D eigenvalue weighted by Gasteiger charge is 2.23. The smallest absolute Gasteiger partial charge is 0.252 e. The molecule has 0 aliphatic heterocycles. The van der Waals surface area contributed by atoms with Crippen LogP contribution in [0.5, 0.6) is 0 Å². The van der Waals surface area contributed by atoms with E-state index >= 15 is 0 Å². The Bertz CT molecular complexity index is 920. The third-order valence-corrected chi connectivity index (χ3v) is 7.39. The van der Waals surface area contributed by atoms with Crippen molar-refractivity contribution in [3.8, 4) is 0 Å². The van der Waals surface area contributed by atoms with Crippen molar-refractivity contribution in [1.29, 1.82) is 0 Å². The fraction of sp³-hybridized carbons (Fsp3) is 0.188. The summed E-state index contributed by atoms with van der Waals surface area (Å²) in [6.45, 7) is 0.946. The predicted molar refractivity (Wildman–Crippen MR) is 98.4 cm³/mol. The largest absolute Gasteiger partial charge is 0.268 e. The van der Waals surface area contributed by atoms with Crippen molar-refractivity contribution in [2.45, 2.75) is 17.3 Å². The van der Waals surface area contributed by atoms with E-state index in [9.17, 15) is 8.42 Å². The van der Waals surface area contributed by atoms with Gasteiger partial charge in [0.2, 0.25) is 0 Å². The number of nitrogens with zero attached hydrogens (tertiary/aromatic N) is 3. The molecule has 0 amide bonds. The lowest BCUT2D eigenvalue weighted by Gasteiger charge is -2.14. The molecule has 1 aromatic carbocycles. The highest BCUT2D eigenvalue weighted by molar-refractivity contribution is 9.11. The first-order chi connectivity index (χ1) is 11.4. The van der Waals surface area contributed by atoms with Crippen LogP contribution in [-0.2, 0) is 23.1 Å². The van der Waals surface area contributed by atoms with E-state index in [2.05, 4.69) is 21.0 Å². The van der Waals surface area contributed by atoms with E-state index in [0.29, 0.717) is 10.8 Å². The first-order valence-electron chi connectivity index (χ1n) is 7.22. The van der Waals surface area contributed by atoms with E-state index in [1.165, 1.54) is 15.6 Å². The number of rotatable bonds is 6. The number of sulfonamides is 1. The van der Waals surface area contributed by atoms with Crippen molar-refractivity contribution >= 4 is 37.3 Å². The zero-order valence-corrected chi connectivity index (χ0v) is 16.2. The number of benzene rings is 1. The summed E-state index contributed by atoms with van der Waals surface area (Å²) in [5.41, 5.74) is 2.00. The molecule has 3 rings (SSSR count). The van der Waals surface area contributed by atoms with Crippen LogP contribution < -0.4 is 0 Å². The molecule has 8 heteroatoms. The van der Waals surface area contributed by atoms with Gasteiger partial charge >= 0.3 is 0 Å². The molecule has 0 aliphatic carbocycles. The molecule has 0 fully saturated rings. The van der Waals surface area contributed by atoms with Crippen molar-refractivity contribution in [3.63, 3.8) is 0 Å². The lowest BCUT2D eigenvalue weighted by atomic mass is 10.2. The molecule has 0 aliphatic rings. The van der Waals surface area contributed by atoms with Crippen molar-refractivity contribution in [3.05, 3.63) is 69.8 Å². The van der Waals surface area contributed by atoms with Gasteiger partial charge in [-0.05, 0) is 33.6 Å². The van der Waals surface area contributed by atoms with Gasteiger partial charge in [-0.25, -0.2) is 8.42 Å². The molecule has 5 nitrogen and oxygen atoms in total. The molecule has 3 aromatic rings. The molecule has 126 valence electrons. The van der Waals surface area contributed by atoms with Crippen LogP contribution in [0.1, 0.15) is 11.1 Å². The second-order valence-corrected chi connectivity index (χ2v) is 10.1. The van der Waals surface area contributed by atoms with Crippen LogP contribution in [0.3, 0.4) is 0 Å². The van der Waals surface area contributed by atoms with Crippen molar-refractivity contribution < 1.29 is 8.42 Å².